The molecule has 2 N–H and O–H groups in total. The second kappa shape index (κ2) is 18.2. The highest BCUT2D eigenvalue weighted by atomic mass is 16.6. The molecule has 2 aromatic carbocycles. The van der Waals surface area contributed by atoms with Gasteiger partial charge >= 0.3 is 24.1 Å². The molecule has 0 unspecified atom stereocenters. The fraction of sp³-hybridized carbons (Fsp3) is 0.523. The SMILES string of the molecule is CCCCOc1c(C#CCCC[C@@H]2C[C@H]2OC(=O)N[C@H](C(=O)O)C2Cc3ccccc3C2)c(O[C@@H]2C[C@@H](C(=O)OC)N(C(=O)OC(C)(C)C)C2)nc2ccccc12. The number of unbranched alkanes of at least 4 members (excludes halogenated alkanes) is 2. The van der Waals surface area contributed by atoms with Crippen LogP contribution in [-0.4, -0.2) is 89.3 Å². The number of benzene rings is 2. The third kappa shape index (κ3) is 10.5. The summed E-state index contributed by atoms with van der Waals surface area (Å²) in [4.78, 5) is 57.0. The van der Waals surface area contributed by atoms with E-state index in [1.807, 2.05) is 48.5 Å². The van der Waals surface area contributed by atoms with Crippen LogP contribution >= 0.6 is 0 Å². The number of rotatable bonds is 14. The first-order chi connectivity index (χ1) is 27.3. The number of fused-ring (bicyclic) bond motifs is 2. The maximum atomic E-state index is 13.1. The number of aromatic nitrogens is 1. The van der Waals surface area contributed by atoms with Crippen molar-refractivity contribution in [3.05, 3.63) is 65.2 Å². The highest BCUT2D eigenvalue weighted by Crippen LogP contribution is 2.39. The second-order valence-corrected chi connectivity index (χ2v) is 16.0. The van der Waals surface area contributed by atoms with Gasteiger partial charge in [-0.1, -0.05) is 61.6 Å². The van der Waals surface area contributed by atoms with Crippen molar-refractivity contribution in [2.75, 3.05) is 20.3 Å². The van der Waals surface area contributed by atoms with Crippen molar-refractivity contribution in [2.45, 2.75) is 115 Å². The van der Waals surface area contributed by atoms with E-state index in [0.29, 0.717) is 49.1 Å². The number of esters is 1. The Morgan fingerprint density at radius 3 is 2.42 bits per heavy atom. The van der Waals surface area contributed by atoms with Gasteiger partial charge in [0.2, 0.25) is 5.88 Å². The number of amides is 2. The Labute approximate surface area is 333 Å². The van der Waals surface area contributed by atoms with Crippen LogP contribution in [0.3, 0.4) is 0 Å². The Balaban J connectivity index is 1.10. The van der Waals surface area contributed by atoms with Crippen LogP contribution in [0.5, 0.6) is 11.6 Å². The summed E-state index contributed by atoms with van der Waals surface area (Å²) in [7, 11) is 1.28. The molecule has 1 aromatic heterocycles. The molecule has 2 amide bonds. The highest BCUT2D eigenvalue weighted by Gasteiger charge is 2.44. The minimum atomic E-state index is -1.07. The molecule has 2 heterocycles. The van der Waals surface area contributed by atoms with Crippen molar-refractivity contribution in [1.82, 2.24) is 15.2 Å². The molecule has 1 saturated heterocycles. The molecule has 3 aliphatic rings. The predicted molar refractivity (Wildman–Crippen MR) is 211 cm³/mol. The molecular formula is C44H53N3O10. The van der Waals surface area contributed by atoms with Gasteiger partial charge < -0.3 is 34.1 Å². The van der Waals surface area contributed by atoms with Gasteiger partial charge in [0.05, 0.1) is 25.8 Å². The molecule has 57 heavy (non-hydrogen) atoms. The number of hydrogen-bond donors (Lipinski definition) is 2. The molecule has 0 radical (unpaired) electrons. The Hall–Kier alpha value is -5.51. The third-order valence-corrected chi connectivity index (χ3v) is 10.5. The first-order valence-electron chi connectivity index (χ1n) is 19.9. The largest absolute Gasteiger partial charge is 0.491 e. The van der Waals surface area contributed by atoms with Crippen molar-refractivity contribution in [2.24, 2.45) is 11.8 Å². The standard InChI is InChI=1S/C44H53N3O10/c1-6-7-21-54-38-32-18-13-14-20-34(32)45-39(55-31-25-35(41(50)53-5)47(26-31)43(52)57-44(2,3)4)33(38)19-10-8-9-17-29-24-36(29)56-42(51)46-37(40(48)49)30-22-27-15-11-12-16-28(27)23-30/h11-16,18,20,29-31,35-37H,6-9,17,21-26H2,1-5H3,(H,46,51)(H,48,49)/t29-,31-,35+,36-,37+/m1/s1. The molecule has 13 nitrogen and oxygen atoms in total. The molecular weight excluding hydrogens is 730 g/mol. The number of aliphatic carboxylic acids is 1. The fourth-order valence-corrected chi connectivity index (χ4v) is 7.53. The quantitative estimate of drug-likeness (QED) is 0.0761. The summed E-state index contributed by atoms with van der Waals surface area (Å²) in [5.41, 5.74) is 2.61. The minimum Gasteiger partial charge on any atom is -0.491 e. The summed E-state index contributed by atoms with van der Waals surface area (Å²) in [6, 6.07) is 13.5. The molecule has 6 rings (SSSR count). The van der Waals surface area contributed by atoms with Crippen LogP contribution in [-0.2, 0) is 36.6 Å². The van der Waals surface area contributed by atoms with Crippen molar-refractivity contribution in [3.63, 3.8) is 0 Å². The molecule has 5 atom stereocenters. The van der Waals surface area contributed by atoms with Gasteiger partial charge in [-0.25, -0.2) is 24.2 Å². The number of likely N-dealkylation sites (tertiary alicyclic amines) is 1. The Morgan fingerprint density at radius 2 is 1.74 bits per heavy atom. The summed E-state index contributed by atoms with van der Waals surface area (Å²) < 4.78 is 29.1. The van der Waals surface area contributed by atoms with Gasteiger partial charge in [0.1, 0.15) is 41.2 Å². The van der Waals surface area contributed by atoms with E-state index in [1.165, 1.54) is 12.0 Å². The van der Waals surface area contributed by atoms with E-state index >= 15 is 0 Å². The van der Waals surface area contributed by atoms with Gasteiger partial charge in [0, 0.05) is 18.2 Å². The smallest absolute Gasteiger partial charge is 0.411 e. The average Bonchev–Trinajstić information content (AvgIpc) is 3.53. The molecule has 304 valence electrons. The van der Waals surface area contributed by atoms with Crippen LogP contribution in [0.4, 0.5) is 9.59 Å². The zero-order valence-electron chi connectivity index (χ0n) is 33.4. The molecule has 3 aromatic rings. The lowest BCUT2D eigenvalue weighted by atomic mass is 9.97. The van der Waals surface area contributed by atoms with Crippen molar-refractivity contribution in [3.8, 4) is 23.5 Å². The number of alkyl carbamates (subject to hydrolysis) is 1. The molecule has 2 aliphatic carbocycles. The van der Waals surface area contributed by atoms with E-state index in [2.05, 4.69) is 24.1 Å². The first-order valence-corrected chi connectivity index (χ1v) is 19.9. The molecule has 13 heteroatoms. The monoisotopic (exact) mass is 783 g/mol. The van der Waals surface area contributed by atoms with Gasteiger partial charge in [-0.15, -0.1) is 0 Å². The lowest BCUT2D eigenvalue weighted by Crippen LogP contribution is -2.46. The summed E-state index contributed by atoms with van der Waals surface area (Å²) >= 11 is 0. The minimum absolute atomic E-state index is 0.0799. The van der Waals surface area contributed by atoms with Crippen LogP contribution in [0.25, 0.3) is 10.9 Å². The van der Waals surface area contributed by atoms with E-state index in [-0.39, 0.29) is 36.8 Å². The number of nitrogens with one attached hydrogen (secondary N) is 1. The summed E-state index contributed by atoms with van der Waals surface area (Å²) in [6.45, 7) is 7.92. The zero-order chi connectivity index (χ0) is 40.7. The number of nitrogens with zero attached hydrogens (tertiary/aromatic N) is 2. The number of pyridine rings is 1. The van der Waals surface area contributed by atoms with E-state index < -0.39 is 47.9 Å². The maximum absolute atomic E-state index is 13.1. The number of carbonyl (C=O) groups is 4. The van der Waals surface area contributed by atoms with Crippen LogP contribution in [0, 0.1) is 23.7 Å². The Morgan fingerprint density at radius 1 is 1.02 bits per heavy atom. The normalized spacial score (nSPS) is 20.5. The van der Waals surface area contributed by atoms with Gasteiger partial charge in [0.15, 0.2) is 0 Å². The van der Waals surface area contributed by atoms with Crippen LogP contribution in [0.1, 0.15) is 89.3 Å². The summed E-state index contributed by atoms with van der Waals surface area (Å²) in [5.74, 6) is 5.66. The third-order valence-electron chi connectivity index (χ3n) is 10.5. The average molecular weight is 784 g/mol. The number of hydrogen-bond acceptors (Lipinski definition) is 10. The lowest BCUT2D eigenvalue weighted by Gasteiger charge is -2.27. The topological polar surface area (TPSA) is 163 Å². The molecule has 2 fully saturated rings. The Bertz CT molecular complexity index is 1990. The molecule has 0 bridgehead atoms. The Kier molecular flexibility index (Phi) is 13.1. The van der Waals surface area contributed by atoms with Gasteiger partial charge in [-0.2, -0.15) is 0 Å². The van der Waals surface area contributed by atoms with E-state index in [9.17, 15) is 24.3 Å². The number of carbonyl (C=O) groups excluding carboxylic acids is 3. The summed E-state index contributed by atoms with van der Waals surface area (Å²) in [5, 5.41) is 13.3. The summed E-state index contributed by atoms with van der Waals surface area (Å²) in [6.07, 6.45) is 3.71. The van der Waals surface area contributed by atoms with Crippen LogP contribution < -0.4 is 14.8 Å². The number of carboxylic acid groups (broad SMARTS) is 1. The number of ether oxygens (including phenoxy) is 5. The number of para-hydroxylation sites is 1. The first kappa shape index (κ1) is 41.1. The van der Waals surface area contributed by atoms with Gasteiger partial charge in [-0.3, -0.25) is 4.90 Å². The van der Waals surface area contributed by atoms with E-state index in [0.717, 1.165) is 42.2 Å². The fourth-order valence-electron chi connectivity index (χ4n) is 7.53. The predicted octanol–water partition coefficient (Wildman–Crippen LogP) is 6.85. The number of carboxylic acids is 1. The zero-order valence-corrected chi connectivity index (χ0v) is 33.4. The second-order valence-electron chi connectivity index (χ2n) is 16.0. The number of methoxy groups -OCH3 is 1. The van der Waals surface area contributed by atoms with Crippen molar-refractivity contribution < 1.29 is 48.0 Å². The molecule has 1 saturated carbocycles. The van der Waals surface area contributed by atoms with Crippen molar-refractivity contribution in [1.29, 1.82) is 0 Å². The molecule has 0 spiro atoms. The lowest BCUT2D eigenvalue weighted by molar-refractivity contribution is -0.145. The van der Waals surface area contributed by atoms with Crippen LogP contribution in [0.15, 0.2) is 48.5 Å². The van der Waals surface area contributed by atoms with Crippen LogP contribution in [0.2, 0.25) is 0 Å². The van der Waals surface area contributed by atoms with Crippen molar-refractivity contribution >= 4 is 35.0 Å². The van der Waals surface area contributed by atoms with Gasteiger partial charge in [-0.05, 0) is 94.4 Å². The van der Waals surface area contributed by atoms with E-state index in [4.69, 9.17) is 28.7 Å². The highest BCUT2D eigenvalue weighted by molar-refractivity contribution is 5.89. The van der Waals surface area contributed by atoms with E-state index in [1.54, 1.807) is 20.8 Å². The maximum Gasteiger partial charge on any atom is 0.411 e. The van der Waals surface area contributed by atoms with Gasteiger partial charge in [0.25, 0.3) is 0 Å². The molecule has 1 aliphatic heterocycles.